The first-order valence-electron chi connectivity index (χ1n) is 11.4. The third-order valence-corrected chi connectivity index (χ3v) is 5.45. The van der Waals surface area contributed by atoms with Gasteiger partial charge in [-0.2, -0.15) is 0 Å². The fourth-order valence-corrected chi connectivity index (χ4v) is 3.60. The van der Waals surface area contributed by atoms with Crippen LogP contribution < -0.4 is 9.47 Å². The lowest BCUT2D eigenvalue weighted by molar-refractivity contribution is 0.0102. The van der Waals surface area contributed by atoms with Gasteiger partial charge in [-0.25, -0.2) is 9.59 Å². The standard InChI is InChI=1S/C28H31NO6/c1-29(2)18-25(35-28(32)23-14-12-22(13-15-23)27(30)31)19-34-26-7-5-4-6-21(26)11-8-20-9-16-24(33-3)17-10-20/h4-7,9-10,12-17,25H,8,11,18-19H2,1-3H3,(H,30,31)/t25-/m1/s1. The number of likely N-dealkylation sites (N-methyl/N-ethyl adjacent to an activating group) is 1. The second kappa shape index (κ2) is 12.6. The molecule has 0 unspecified atom stereocenters. The number of hydrogen-bond donors (Lipinski definition) is 1. The molecule has 3 aromatic rings. The van der Waals surface area contributed by atoms with Crippen LogP contribution in [-0.2, 0) is 17.6 Å². The third kappa shape index (κ3) is 7.86. The van der Waals surface area contributed by atoms with Gasteiger partial charge in [-0.3, -0.25) is 0 Å². The largest absolute Gasteiger partial charge is 0.497 e. The van der Waals surface area contributed by atoms with Gasteiger partial charge in [0.15, 0.2) is 0 Å². The summed E-state index contributed by atoms with van der Waals surface area (Å²) in [7, 11) is 5.44. The molecule has 0 heterocycles. The average Bonchev–Trinajstić information content (AvgIpc) is 2.86. The number of rotatable bonds is 12. The molecule has 0 aliphatic rings. The minimum atomic E-state index is -1.05. The van der Waals surface area contributed by atoms with Crippen molar-refractivity contribution in [1.29, 1.82) is 0 Å². The Labute approximate surface area is 205 Å². The van der Waals surface area contributed by atoms with Crippen molar-refractivity contribution in [2.24, 2.45) is 0 Å². The molecule has 1 atom stereocenters. The summed E-state index contributed by atoms with van der Waals surface area (Å²) in [6, 6.07) is 21.5. The Kier molecular flexibility index (Phi) is 9.26. The lowest BCUT2D eigenvalue weighted by Gasteiger charge is -2.22. The monoisotopic (exact) mass is 477 g/mol. The van der Waals surface area contributed by atoms with E-state index in [9.17, 15) is 9.59 Å². The summed E-state index contributed by atoms with van der Waals surface area (Å²) >= 11 is 0. The van der Waals surface area contributed by atoms with Crippen LogP contribution in [0.1, 0.15) is 31.8 Å². The van der Waals surface area contributed by atoms with Crippen LogP contribution in [-0.4, -0.2) is 62.4 Å². The molecule has 1 N–H and O–H groups in total. The van der Waals surface area contributed by atoms with Gasteiger partial charge in [-0.1, -0.05) is 30.3 Å². The van der Waals surface area contributed by atoms with Gasteiger partial charge in [0, 0.05) is 6.54 Å². The van der Waals surface area contributed by atoms with Crippen molar-refractivity contribution in [2.45, 2.75) is 18.9 Å². The van der Waals surface area contributed by atoms with Gasteiger partial charge in [0.25, 0.3) is 0 Å². The number of methoxy groups -OCH3 is 1. The average molecular weight is 478 g/mol. The second-order valence-corrected chi connectivity index (χ2v) is 8.44. The van der Waals surface area contributed by atoms with Crippen molar-refractivity contribution in [3.05, 3.63) is 95.1 Å². The molecule has 0 saturated heterocycles. The zero-order valence-corrected chi connectivity index (χ0v) is 20.3. The maximum Gasteiger partial charge on any atom is 0.338 e. The van der Waals surface area contributed by atoms with Crippen molar-refractivity contribution in [3.8, 4) is 11.5 Å². The van der Waals surface area contributed by atoms with E-state index >= 15 is 0 Å². The first-order valence-corrected chi connectivity index (χ1v) is 11.4. The highest BCUT2D eigenvalue weighted by Crippen LogP contribution is 2.22. The number of esters is 1. The summed E-state index contributed by atoms with van der Waals surface area (Å²) in [5.41, 5.74) is 2.68. The predicted octanol–water partition coefficient (Wildman–Crippen LogP) is 4.34. The molecule has 0 bridgehead atoms. The van der Waals surface area contributed by atoms with Gasteiger partial charge < -0.3 is 24.2 Å². The summed E-state index contributed by atoms with van der Waals surface area (Å²) in [5, 5.41) is 9.04. The molecule has 184 valence electrons. The van der Waals surface area contributed by atoms with Crippen molar-refractivity contribution in [1.82, 2.24) is 4.90 Å². The summed E-state index contributed by atoms with van der Waals surface area (Å²) in [6.07, 6.45) is 1.15. The molecular formula is C28H31NO6. The Morgan fingerprint density at radius 2 is 1.54 bits per heavy atom. The summed E-state index contributed by atoms with van der Waals surface area (Å²) in [4.78, 5) is 25.6. The summed E-state index contributed by atoms with van der Waals surface area (Å²) in [5.74, 6) is 0.0167. The van der Waals surface area contributed by atoms with E-state index in [4.69, 9.17) is 19.3 Å². The van der Waals surface area contributed by atoms with Gasteiger partial charge in [0.05, 0.1) is 18.2 Å². The molecule has 0 amide bonds. The quantitative estimate of drug-likeness (QED) is 0.388. The Hall–Kier alpha value is -3.84. The number of carbonyl (C=O) groups excluding carboxylic acids is 1. The third-order valence-electron chi connectivity index (χ3n) is 5.45. The number of hydrogen-bond acceptors (Lipinski definition) is 6. The van der Waals surface area contributed by atoms with E-state index < -0.39 is 18.0 Å². The first kappa shape index (κ1) is 25.8. The Morgan fingerprint density at radius 1 is 0.886 bits per heavy atom. The molecule has 0 aliphatic heterocycles. The van der Waals surface area contributed by atoms with Gasteiger partial charge in [0.1, 0.15) is 24.2 Å². The lowest BCUT2D eigenvalue weighted by Crippen LogP contribution is -2.35. The summed E-state index contributed by atoms with van der Waals surface area (Å²) < 4.78 is 17.0. The molecular weight excluding hydrogens is 446 g/mol. The molecule has 0 saturated carbocycles. The van der Waals surface area contributed by atoms with Gasteiger partial charge >= 0.3 is 11.9 Å². The molecule has 35 heavy (non-hydrogen) atoms. The van der Waals surface area contributed by atoms with Crippen LogP contribution in [0.2, 0.25) is 0 Å². The van der Waals surface area contributed by atoms with E-state index in [1.165, 1.54) is 29.8 Å². The van der Waals surface area contributed by atoms with Crippen LogP contribution >= 0.6 is 0 Å². The molecule has 7 heteroatoms. The molecule has 0 spiro atoms. The van der Waals surface area contributed by atoms with Crippen LogP contribution in [0.4, 0.5) is 0 Å². The minimum absolute atomic E-state index is 0.112. The van der Waals surface area contributed by atoms with Crippen LogP contribution in [0.15, 0.2) is 72.8 Å². The molecule has 0 aromatic heterocycles. The maximum absolute atomic E-state index is 12.6. The molecule has 0 radical (unpaired) electrons. The van der Waals surface area contributed by atoms with E-state index in [-0.39, 0.29) is 12.2 Å². The molecule has 0 aliphatic carbocycles. The molecule has 7 nitrogen and oxygen atoms in total. The van der Waals surface area contributed by atoms with Gasteiger partial charge in [-0.05, 0) is 80.5 Å². The van der Waals surface area contributed by atoms with Gasteiger partial charge in [-0.15, -0.1) is 0 Å². The smallest absolute Gasteiger partial charge is 0.338 e. The van der Waals surface area contributed by atoms with Crippen molar-refractivity contribution >= 4 is 11.9 Å². The fraction of sp³-hybridized carbons (Fsp3) is 0.286. The van der Waals surface area contributed by atoms with E-state index in [2.05, 4.69) is 12.1 Å². The zero-order chi connectivity index (χ0) is 25.2. The first-order chi connectivity index (χ1) is 16.9. The predicted molar refractivity (Wildman–Crippen MR) is 133 cm³/mol. The van der Waals surface area contributed by atoms with Crippen molar-refractivity contribution in [3.63, 3.8) is 0 Å². The number of nitrogens with zero attached hydrogens (tertiary/aromatic N) is 1. The van der Waals surface area contributed by atoms with E-state index in [0.717, 1.165) is 29.9 Å². The number of ether oxygens (including phenoxy) is 3. The topological polar surface area (TPSA) is 85.3 Å². The number of aryl methyl sites for hydroxylation is 2. The highest BCUT2D eigenvalue weighted by atomic mass is 16.6. The second-order valence-electron chi connectivity index (χ2n) is 8.44. The molecule has 0 fully saturated rings. The number of carbonyl (C=O) groups is 2. The normalized spacial score (nSPS) is 11.7. The van der Waals surface area contributed by atoms with Crippen molar-refractivity contribution in [2.75, 3.05) is 34.4 Å². The highest BCUT2D eigenvalue weighted by molar-refractivity contribution is 5.92. The van der Waals surface area contributed by atoms with E-state index in [1.54, 1.807) is 7.11 Å². The van der Waals surface area contributed by atoms with Gasteiger partial charge in [0.2, 0.25) is 0 Å². The number of carboxylic acid groups (broad SMARTS) is 1. The summed E-state index contributed by atoms with van der Waals surface area (Å²) in [6.45, 7) is 0.670. The maximum atomic E-state index is 12.6. The highest BCUT2D eigenvalue weighted by Gasteiger charge is 2.19. The van der Waals surface area contributed by atoms with Crippen LogP contribution in [0.5, 0.6) is 11.5 Å². The number of carboxylic acids is 1. The number of benzene rings is 3. The number of aromatic carboxylic acids is 1. The Balaban J connectivity index is 1.63. The fourth-order valence-electron chi connectivity index (χ4n) is 3.60. The minimum Gasteiger partial charge on any atom is -0.497 e. The molecule has 3 aromatic carbocycles. The Morgan fingerprint density at radius 3 is 2.17 bits per heavy atom. The Bertz CT molecular complexity index is 1110. The SMILES string of the molecule is COc1ccc(CCc2ccccc2OC[C@@H](CN(C)C)OC(=O)c2ccc(C(=O)O)cc2)cc1. The zero-order valence-electron chi connectivity index (χ0n) is 20.3. The molecule has 3 rings (SSSR count). The van der Waals surface area contributed by atoms with Crippen LogP contribution in [0, 0.1) is 0 Å². The van der Waals surface area contributed by atoms with E-state index in [0.29, 0.717) is 12.1 Å². The van der Waals surface area contributed by atoms with Crippen LogP contribution in [0.25, 0.3) is 0 Å². The van der Waals surface area contributed by atoms with Crippen LogP contribution in [0.3, 0.4) is 0 Å². The lowest BCUT2D eigenvalue weighted by atomic mass is 10.0. The van der Waals surface area contributed by atoms with E-state index in [1.807, 2.05) is 55.4 Å². The van der Waals surface area contributed by atoms with Crippen molar-refractivity contribution < 1.29 is 28.9 Å². The number of para-hydroxylation sites is 1.